The minimum Gasteiger partial charge on any atom is -0.474 e. The van der Waals surface area contributed by atoms with E-state index in [0.29, 0.717) is 41.3 Å². The molecule has 9 nitrogen and oxygen atoms in total. The molecule has 1 aromatic heterocycles. The van der Waals surface area contributed by atoms with Crippen LogP contribution in [0.5, 0.6) is 11.6 Å². The Hall–Kier alpha value is -4.58. The highest BCUT2D eigenvalue weighted by Crippen LogP contribution is 2.46. The summed E-state index contributed by atoms with van der Waals surface area (Å²) in [5.41, 5.74) is 3.76. The lowest BCUT2D eigenvalue weighted by Crippen LogP contribution is -2.57. The molecule has 8 rings (SSSR count). The van der Waals surface area contributed by atoms with Crippen molar-refractivity contribution in [1.82, 2.24) is 14.8 Å². The number of carbonyl (C=O) groups excluding carboxylic acids is 1. The summed E-state index contributed by atoms with van der Waals surface area (Å²) in [6.07, 6.45) is 1.76. The number of anilines is 1. The molecule has 0 unspecified atom stereocenters. The molecule has 14 heteroatoms. The first kappa shape index (κ1) is 46.9. The van der Waals surface area contributed by atoms with Crippen LogP contribution in [0.25, 0.3) is 32.8 Å². The molecule has 4 aliphatic heterocycles. The van der Waals surface area contributed by atoms with E-state index < -0.39 is 48.9 Å². The fourth-order valence-corrected chi connectivity index (χ4v) is 17.0. The number of amides is 1. The van der Waals surface area contributed by atoms with Crippen molar-refractivity contribution in [3.8, 4) is 34.2 Å². The molecule has 0 aliphatic carbocycles. The van der Waals surface area contributed by atoms with Crippen molar-refractivity contribution < 1.29 is 41.3 Å². The highest BCUT2D eigenvalue weighted by Gasteiger charge is 2.50. The fourth-order valence-electron chi connectivity index (χ4n) is 11.8. The topological polar surface area (TPSA) is 76.6 Å². The second-order valence-electron chi connectivity index (χ2n) is 20.6. The molecule has 350 valence electrons. The number of methoxy groups -OCH3 is 1. The molecule has 4 atom stereocenters. The van der Waals surface area contributed by atoms with E-state index in [0.717, 1.165) is 13.0 Å². The van der Waals surface area contributed by atoms with Gasteiger partial charge in [-0.15, -0.1) is 5.54 Å². The lowest BCUT2D eigenvalue weighted by Gasteiger charge is -2.42. The summed E-state index contributed by atoms with van der Waals surface area (Å²) in [5.74, 6) is 1.27. The van der Waals surface area contributed by atoms with Crippen LogP contribution in [0.15, 0.2) is 36.4 Å². The van der Waals surface area contributed by atoms with Crippen LogP contribution in [0.4, 0.5) is 28.0 Å². The molecule has 1 amide bonds. The molecule has 5 heterocycles. The summed E-state index contributed by atoms with van der Waals surface area (Å²) in [4.78, 5) is 23.8. The zero-order chi connectivity index (χ0) is 46.7. The van der Waals surface area contributed by atoms with E-state index in [2.05, 4.69) is 62.9 Å². The summed E-state index contributed by atoms with van der Waals surface area (Å²) < 4.78 is 89.9. The fraction of sp³-hybridized carbons (Fsp3) is 0.569. The van der Waals surface area contributed by atoms with Crippen molar-refractivity contribution in [3.05, 3.63) is 59.4 Å². The Morgan fingerprint density at radius 2 is 1.62 bits per heavy atom. The van der Waals surface area contributed by atoms with Crippen LogP contribution < -0.4 is 14.4 Å². The first-order chi connectivity index (χ1) is 30.8. The number of benzene rings is 3. The van der Waals surface area contributed by atoms with Gasteiger partial charge >= 0.3 is 6.09 Å². The largest absolute Gasteiger partial charge is 0.474 e. The predicted octanol–water partition coefficient (Wildman–Crippen LogP) is 11.6. The number of pyridine rings is 1. The van der Waals surface area contributed by atoms with E-state index in [-0.39, 0.29) is 102 Å². The Labute approximate surface area is 382 Å². The minimum absolute atomic E-state index is 0.0139. The van der Waals surface area contributed by atoms with E-state index in [9.17, 15) is 9.18 Å². The smallest absolute Gasteiger partial charge is 0.410 e. The van der Waals surface area contributed by atoms with Gasteiger partial charge in [-0.3, -0.25) is 9.80 Å². The van der Waals surface area contributed by atoms with E-state index in [1.165, 1.54) is 13.2 Å². The van der Waals surface area contributed by atoms with E-state index in [1.54, 1.807) is 35.2 Å². The predicted molar refractivity (Wildman–Crippen MR) is 251 cm³/mol. The van der Waals surface area contributed by atoms with Crippen LogP contribution in [0.2, 0.25) is 16.6 Å². The van der Waals surface area contributed by atoms with Gasteiger partial charge in [0.15, 0.2) is 12.6 Å². The summed E-state index contributed by atoms with van der Waals surface area (Å²) in [6.45, 7) is 20.1. The molecule has 0 radical (unpaired) electrons. The first-order valence-electron chi connectivity index (χ1n) is 23.3. The maximum Gasteiger partial charge on any atom is 0.410 e. The average molecular weight is 917 g/mol. The standard InChI is InChI=1S/C51H64F4N4O5Si/c1-30(2)65(31(3)4,32(5)6)21-18-39-42(53)17-12-33-22-37(63-29-61-10)23-41(43(33)39)38-15-16-40-46(44(38)54)56-48(62-28-51-19-11-20-58(51)25-34(52)24-51)45(55)47(40)57-26-35-13-14-36(27-57)59(35)49(60)64-50(7,8)9/h12,15-17,22-23,30-32,34-36H,11,13-14,19-20,24-29H2,1-10H3/t34-,35-,36+,51+/m1/s1. The molecule has 0 spiro atoms. The number of piperazine rings is 1. The van der Waals surface area contributed by atoms with Crippen LogP contribution in [0.3, 0.4) is 0 Å². The van der Waals surface area contributed by atoms with Crippen molar-refractivity contribution in [3.63, 3.8) is 0 Å². The van der Waals surface area contributed by atoms with Crippen LogP contribution in [-0.4, -0.2) is 105 Å². The third kappa shape index (κ3) is 8.54. The third-order valence-electron chi connectivity index (χ3n) is 14.6. The van der Waals surface area contributed by atoms with Gasteiger partial charge in [0.2, 0.25) is 5.82 Å². The van der Waals surface area contributed by atoms with Crippen LogP contribution in [0, 0.1) is 28.9 Å². The highest BCUT2D eigenvalue weighted by atomic mass is 28.3. The second kappa shape index (κ2) is 17.9. The van der Waals surface area contributed by atoms with Gasteiger partial charge in [0.1, 0.15) is 43.5 Å². The van der Waals surface area contributed by atoms with Gasteiger partial charge in [0.25, 0.3) is 5.88 Å². The highest BCUT2D eigenvalue weighted by molar-refractivity contribution is 6.90. The molecule has 65 heavy (non-hydrogen) atoms. The Balaban J connectivity index is 1.31. The number of aromatic nitrogens is 1. The lowest BCUT2D eigenvalue weighted by molar-refractivity contribution is 0.0123. The number of ether oxygens (including phenoxy) is 4. The summed E-state index contributed by atoms with van der Waals surface area (Å²) in [6, 6.07) is 9.12. The van der Waals surface area contributed by atoms with E-state index in [4.69, 9.17) is 18.9 Å². The van der Waals surface area contributed by atoms with Gasteiger partial charge in [0, 0.05) is 49.5 Å². The zero-order valence-corrected chi connectivity index (χ0v) is 40.5. The molecule has 2 bridgehead atoms. The molecule has 0 saturated carbocycles. The monoisotopic (exact) mass is 916 g/mol. The van der Waals surface area contributed by atoms with Crippen molar-refractivity contribution in [2.75, 3.05) is 51.6 Å². The second-order valence-corrected chi connectivity index (χ2v) is 26.2. The van der Waals surface area contributed by atoms with Gasteiger partial charge < -0.3 is 23.8 Å². The summed E-state index contributed by atoms with van der Waals surface area (Å²) >= 11 is 0. The average Bonchev–Trinajstić information content (AvgIpc) is 3.85. The number of alkyl halides is 1. The normalized spacial score (nSPS) is 22.4. The number of halogens is 4. The maximum atomic E-state index is 18.0. The van der Waals surface area contributed by atoms with E-state index in [1.807, 2.05) is 25.7 Å². The molecule has 0 N–H and O–H groups in total. The van der Waals surface area contributed by atoms with Gasteiger partial charge in [-0.25, -0.2) is 22.9 Å². The van der Waals surface area contributed by atoms with Crippen LogP contribution in [0.1, 0.15) is 100.0 Å². The van der Waals surface area contributed by atoms with Gasteiger partial charge in [0.05, 0.1) is 28.9 Å². The number of hydrogen-bond donors (Lipinski definition) is 0. The summed E-state index contributed by atoms with van der Waals surface area (Å²) in [7, 11) is -0.845. The van der Waals surface area contributed by atoms with Crippen molar-refractivity contribution >= 4 is 41.5 Å². The first-order valence-corrected chi connectivity index (χ1v) is 25.5. The minimum atomic E-state index is -2.34. The van der Waals surface area contributed by atoms with E-state index >= 15 is 13.2 Å². The molecule has 4 aliphatic rings. The lowest BCUT2D eigenvalue weighted by atomic mass is 9.92. The van der Waals surface area contributed by atoms with Crippen molar-refractivity contribution in [1.29, 1.82) is 0 Å². The molecular weight excluding hydrogens is 853 g/mol. The zero-order valence-electron chi connectivity index (χ0n) is 39.5. The Morgan fingerprint density at radius 3 is 2.26 bits per heavy atom. The quantitative estimate of drug-likeness (QED) is 0.0637. The van der Waals surface area contributed by atoms with Gasteiger partial charge in [-0.2, -0.15) is 4.39 Å². The van der Waals surface area contributed by atoms with Crippen molar-refractivity contribution in [2.45, 2.75) is 140 Å². The Kier molecular flexibility index (Phi) is 12.9. The summed E-state index contributed by atoms with van der Waals surface area (Å²) in [5, 5.41) is 1.22. The number of fused-ring (bicyclic) bond motifs is 5. The Morgan fingerprint density at radius 1 is 0.923 bits per heavy atom. The van der Waals surface area contributed by atoms with Gasteiger partial charge in [-0.1, -0.05) is 59.6 Å². The molecule has 3 aromatic carbocycles. The molecule has 4 fully saturated rings. The van der Waals surface area contributed by atoms with Crippen LogP contribution >= 0.6 is 0 Å². The molecule has 4 aromatic rings. The van der Waals surface area contributed by atoms with Crippen molar-refractivity contribution in [2.24, 2.45) is 0 Å². The Bertz CT molecular complexity index is 2500. The number of hydrogen-bond acceptors (Lipinski definition) is 8. The molecular formula is C51H64F4N4O5Si. The SMILES string of the molecule is COCOc1cc(-c2ccc3c(N4C[C@H]5CC[C@@H](C4)N5C(=O)OC(C)(C)C)c(F)c(OC[C@@]45CCCN4C[C@H](F)C5)nc3c2F)c2c(C#C[Si](C(C)C)(C(C)C)C(C)C)c(F)ccc2c1. The number of rotatable bonds is 11. The number of nitrogens with zero attached hydrogens (tertiary/aromatic N) is 4. The third-order valence-corrected chi connectivity index (χ3v) is 20.9. The van der Waals surface area contributed by atoms with Crippen LogP contribution in [-0.2, 0) is 9.47 Å². The maximum absolute atomic E-state index is 18.0. The molecule has 4 saturated heterocycles. The van der Waals surface area contributed by atoms with Gasteiger partial charge in [-0.05, 0) is 105 Å². The number of carbonyl (C=O) groups is 1.